The zero-order valence-electron chi connectivity index (χ0n) is 11.1. The molecule has 0 N–H and O–H groups in total. The minimum atomic E-state index is 0.317. The van der Waals surface area contributed by atoms with Crippen molar-refractivity contribution in [2.45, 2.75) is 89.8 Å². The van der Waals surface area contributed by atoms with Crippen molar-refractivity contribution in [3.63, 3.8) is 0 Å². The molecule has 3 atom stereocenters. The molecule has 0 radical (unpaired) electrons. The minimum absolute atomic E-state index is 0.317. The van der Waals surface area contributed by atoms with Crippen LogP contribution in [0, 0.1) is 5.92 Å². The molecule has 2 fully saturated rings. The third kappa shape index (κ3) is 3.23. The van der Waals surface area contributed by atoms with Gasteiger partial charge in [0.2, 0.25) is 0 Å². The van der Waals surface area contributed by atoms with E-state index in [2.05, 4.69) is 13.8 Å². The quantitative estimate of drug-likeness (QED) is 0.451. The van der Waals surface area contributed by atoms with Gasteiger partial charge in [-0.05, 0) is 32.1 Å². The lowest BCUT2D eigenvalue weighted by molar-refractivity contribution is 0.298. The number of epoxide rings is 1. The third-order valence-corrected chi connectivity index (χ3v) is 4.60. The van der Waals surface area contributed by atoms with Gasteiger partial charge in [0.15, 0.2) is 0 Å². The molecule has 1 aliphatic heterocycles. The molecule has 1 aliphatic carbocycles. The molecule has 0 spiro atoms. The predicted molar refractivity (Wildman–Crippen MR) is 68.6 cm³/mol. The van der Waals surface area contributed by atoms with Crippen molar-refractivity contribution in [3.05, 3.63) is 0 Å². The van der Waals surface area contributed by atoms with Crippen LogP contribution in [0.1, 0.15) is 78.1 Å². The molecule has 0 aromatic carbocycles. The summed E-state index contributed by atoms with van der Waals surface area (Å²) in [5.74, 6) is 0.978. The van der Waals surface area contributed by atoms with Crippen LogP contribution in [0.15, 0.2) is 0 Å². The van der Waals surface area contributed by atoms with E-state index in [0.717, 1.165) is 5.92 Å². The Hall–Kier alpha value is -0.0400. The van der Waals surface area contributed by atoms with Crippen LogP contribution in [0.4, 0.5) is 0 Å². The molecule has 0 bridgehead atoms. The Bertz CT molecular complexity index is 213. The first-order valence-corrected chi connectivity index (χ1v) is 7.42. The standard InChI is InChI=1S/C15H28O/c1-3-4-5-6-7-8-9-13-10-11-15(2)14(12-13)16-15/h13-14H,3-12H2,1-2H3. The van der Waals surface area contributed by atoms with Crippen LogP contribution in [0.3, 0.4) is 0 Å². The molecule has 0 amide bonds. The number of rotatable bonds is 7. The maximum atomic E-state index is 5.75. The van der Waals surface area contributed by atoms with Crippen LogP contribution in [-0.4, -0.2) is 11.7 Å². The number of ether oxygens (including phenoxy) is 1. The second kappa shape index (κ2) is 5.53. The van der Waals surface area contributed by atoms with Gasteiger partial charge in [-0.25, -0.2) is 0 Å². The molecular formula is C15H28O. The summed E-state index contributed by atoms with van der Waals surface area (Å²) in [7, 11) is 0. The average molecular weight is 224 g/mol. The van der Waals surface area contributed by atoms with Crippen molar-refractivity contribution >= 4 is 0 Å². The molecule has 1 heterocycles. The first-order valence-electron chi connectivity index (χ1n) is 7.42. The van der Waals surface area contributed by atoms with E-state index in [9.17, 15) is 0 Å². The maximum absolute atomic E-state index is 5.75. The minimum Gasteiger partial charge on any atom is -0.366 e. The average Bonchev–Trinajstić information content (AvgIpc) is 2.94. The van der Waals surface area contributed by atoms with Crippen molar-refractivity contribution < 1.29 is 4.74 Å². The Morgan fingerprint density at radius 3 is 2.62 bits per heavy atom. The second-order valence-electron chi connectivity index (χ2n) is 6.12. The molecule has 94 valence electrons. The Balaban J connectivity index is 1.48. The van der Waals surface area contributed by atoms with Gasteiger partial charge >= 0.3 is 0 Å². The van der Waals surface area contributed by atoms with Gasteiger partial charge in [0.05, 0.1) is 11.7 Å². The van der Waals surface area contributed by atoms with E-state index in [1.54, 1.807) is 0 Å². The first kappa shape index (κ1) is 12.4. The molecular weight excluding hydrogens is 196 g/mol. The molecule has 0 aromatic rings. The number of fused-ring (bicyclic) bond motifs is 1. The summed E-state index contributed by atoms with van der Waals surface area (Å²) in [6.45, 7) is 4.58. The Morgan fingerprint density at radius 1 is 1.12 bits per heavy atom. The van der Waals surface area contributed by atoms with Crippen LogP contribution in [0.25, 0.3) is 0 Å². The highest BCUT2D eigenvalue weighted by molar-refractivity contribution is 5.03. The van der Waals surface area contributed by atoms with Gasteiger partial charge in [-0.15, -0.1) is 0 Å². The summed E-state index contributed by atoms with van der Waals surface area (Å²) in [4.78, 5) is 0. The van der Waals surface area contributed by atoms with E-state index in [1.165, 1.54) is 64.2 Å². The monoisotopic (exact) mass is 224 g/mol. The summed E-state index contributed by atoms with van der Waals surface area (Å²) >= 11 is 0. The van der Waals surface area contributed by atoms with Crippen LogP contribution < -0.4 is 0 Å². The summed E-state index contributed by atoms with van der Waals surface area (Å²) in [6, 6.07) is 0. The van der Waals surface area contributed by atoms with E-state index >= 15 is 0 Å². The molecule has 0 aromatic heterocycles. The van der Waals surface area contributed by atoms with Gasteiger partial charge in [-0.1, -0.05) is 51.9 Å². The number of unbranched alkanes of at least 4 members (excludes halogenated alkanes) is 5. The highest BCUT2D eigenvalue weighted by atomic mass is 16.6. The van der Waals surface area contributed by atoms with E-state index in [0.29, 0.717) is 11.7 Å². The summed E-state index contributed by atoms with van der Waals surface area (Å²) < 4.78 is 5.75. The molecule has 1 saturated heterocycles. The van der Waals surface area contributed by atoms with Gasteiger partial charge < -0.3 is 4.74 Å². The maximum Gasteiger partial charge on any atom is 0.0920 e. The van der Waals surface area contributed by atoms with E-state index in [1.807, 2.05) is 0 Å². The summed E-state index contributed by atoms with van der Waals surface area (Å²) in [6.07, 6.45) is 14.8. The van der Waals surface area contributed by atoms with Crippen molar-refractivity contribution in [1.82, 2.24) is 0 Å². The fourth-order valence-corrected chi connectivity index (χ4v) is 3.20. The summed E-state index contributed by atoms with van der Waals surface area (Å²) in [5, 5.41) is 0. The van der Waals surface area contributed by atoms with E-state index in [-0.39, 0.29) is 0 Å². The van der Waals surface area contributed by atoms with Gasteiger partial charge in [0, 0.05) is 0 Å². The SMILES string of the molecule is CCCCCCCCC1CCC2(C)OC2C1. The third-order valence-electron chi connectivity index (χ3n) is 4.60. The van der Waals surface area contributed by atoms with Crippen LogP contribution in [0.2, 0.25) is 0 Å². The van der Waals surface area contributed by atoms with Crippen molar-refractivity contribution in [1.29, 1.82) is 0 Å². The largest absolute Gasteiger partial charge is 0.366 e. The lowest BCUT2D eigenvalue weighted by Gasteiger charge is -2.22. The zero-order valence-corrected chi connectivity index (χ0v) is 11.1. The predicted octanol–water partition coefficient (Wildman–Crippen LogP) is 4.69. The van der Waals surface area contributed by atoms with Gasteiger partial charge in [-0.2, -0.15) is 0 Å². The molecule has 1 saturated carbocycles. The van der Waals surface area contributed by atoms with Crippen LogP contribution in [0.5, 0.6) is 0 Å². The van der Waals surface area contributed by atoms with Crippen molar-refractivity contribution in [3.8, 4) is 0 Å². The van der Waals surface area contributed by atoms with Gasteiger partial charge in [0.1, 0.15) is 0 Å². The second-order valence-corrected chi connectivity index (χ2v) is 6.12. The molecule has 16 heavy (non-hydrogen) atoms. The lowest BCUT2D eigenvalue weighted by atomic mass is 9.80. The molecule has 1 heteroatoms. The van der Waals surface area contributed by atoms with E-state index < -0.39 is 0 Å². The molecule has 2 rings (SSSR count). The molecule has 3 unspecified atom stereocenters. The normalized spacial score (nSPS) is 37.1. The molecule has 2 aliphatic rings. The summed E-state index contributed by atoms with van der Waals surface area (Å²) in [5.41, 5.74) is 0.317. The Kier molecular flexibility index (Phi) is 4.29. The highest BCUT2D eigenvalue weighted by Gasteiger charge is 2.54. The fourth-order valence-electron chi connectivity index (χ4n) is 3.20. The van der Waals surface area contributed by atoms with Crippen molar-refractivity contribution in [2.75, 3.05) is 0 Å². The first-order chi connectivity index (χ1) is 7.74. The smallest absolute Gasteiger partial charge is 0.0920 e. The molecule has 1 nitrogen and oxygen atoms in total. The fraction of sp³-hybridized carbons (Fsp3) is 1.00. The highest BCUT2D eigenvalue weighted by Crippen LogP contribution is 2.50. The number of hydrogen-bond acceptors (Lipinski definition) is 1. The van der Waals surface area contributed by atoms with Gasteiger partial charge in [0.25, 0.3) is 0 Å². The number of hydrogen-bond donors (Lipinski definition) is 0. The van der Waals surface area contributed by atoms with Crippen LogP contribution >= 0.6 is 0 Å². The van der Waals surface area contributed by atoms with Gasteiger partial charge in [-0.3, -0.25) is 0 Å². The lowest BCUT2D eigenvalue weighted by Crippen LogP contribution is -2.21. The Morgan fingerprint density at radius 2 is 1.88 bits per heavy atom. The van der Waals surface area contributed by atoms with E-state index in [4.69, 9.17) is 4.74 Å². The zero-order chi connectivity index (χ0) is 11.4. The van der Waals surface area contributed by atoms with Crippen molar-refractivity contribution in [2.24, 2.45) is 5.92 Å². The topological polar surface area (TPSA) is 12.5 Å². The Labute approximate surface area is 101 Å². The van der Waals surface area contributed by atoms with Crippen LogP contribution in [-0.2, 0) is 4.74 Å².